The molecular weight excluding hydrogens is 270 g/mol. The standard InChI is InChI=1S/C16H23NO4/c1-5-17(11-16(19)20-4)15(18)8-9-21-14-10-12(2)6-7-13(14)3/h6-7,10H,5,8-9,11H2,1-4H3. The number of rotatable bonds is 7. The van der Waals surface area contributed by atoms with Crippen LogP contribution in [-0.4, -0.2) is 43.6 Å². The van der Waals surface area contributed by atoms with Gasteiger partial charge in [-0.2, -0.15) is 0 Å². The lowest BCUT2D eigenvalue weighted by molar-refractivity contribution is -0.147. The third-order valence-corrected chi connectivity index (χ3v) is 3.20. The molecule has 1 rings (SSSR count). The van der Waals surface area contributed by atoms with E-state index in [1.807, 2.05) is 39.0 Å². The van der Waals surface area contributed by atoms with E-state index in [2.05, 4.69) is 4.74 Å². The van der Waals surface area contributed by atoms with E-state index in [-0.39, 0.29) is 18.9 Å². The normalized spacial score (nSPS) is 10.1. The van der Waals surface area contributed by atoms with Crippen LogP contribution in [0, 0.1) is 13.8 Å². The van der Waals surface area contributed by atoms with Gasteiger partial charge >= 0.3 is 5.97 Å². The van der Waals surface area contributed by atoms with E-state index in [9.17, 15) is 9.59 Å². The van der Waals surface area contributed by atoms with Crippen molar-refractivity contribution in [1.82, 2.24) is 4.90 Å². The van der Waals surface area contributed by atoms with Crippen LogP contribution in [0.4, 0.5) is 0 Å². The second-order valence-corrected chi connectivity index (χ2v) is 4.85. The molecule has 0 fully saturated rings. The van der Waals surface area contributed by atoms with Gasteiger partial charge in [-0.05, 0) is 38.0 Å². The summed E-state index contributed by atoms with van der Waals surface area (Å²) in [5.74, 6) is 0.257. The van der Waals surface area contributed by atoms with E-state index in [0.717, 1.165) is 16.9 Å². The van der Waals surface area contributed by atoms with Gasteiger partial charge in [-0.3, -0.25) is 9.59 Å². The van der Waals surface area contributed by atoms with Crippen molar-refractivity contribution in [1.29, 1.82) is 0 Å². The summed E-state index contributed by atoms with van der Waals surface area (Å²) in [7, 11) is 1.31. The highest BCUT2D eigenvalue weighted by Gasteiger charge is 2.15. The first kappa shape index (κ1) is 17.0. The molecule has 0 saturated carbocycles. The van der Waals surface area contributed by atoms with Crippen molar-refractivity contribution >= 4 is 11.9 Å². The second kappa shape index (κ2) is 8.29. The molecule has 5 nitrogen and oxygen atoms in total. The van der Waals surface area contributed by atoms with Gasteiger partial charge in [-0.25, -0.2) is 0 Å². The summed E-state index contributed by atoms with van der Waals surface area (Å²) in [5.41, 5.74) is 2.15. The minimum absolute atomic E-state index is 0.0185. The maximum Gasteiger partial charge on any atom is 0.325 e. The third-order valence-electron chi connectivity index (χ3n) is 3.20. The van der Waals surface area contributed by atoms with Crippen molar-refractivity contribution in [3.05, 3.63) is 29.3 Å². The van der Waals surface area contributed by atoms with E-state index < -0.39 is 5.97 Å². The molecule has 5 heteroatoms. The van der Waals surface area contributed by atoms with Crippen molar-refractivity contribution in [2.45, 2.75) is 27.2 Å². The summed E-state index contributed by atoms with van der Waals surface area (Å²) in [4.78, 5) is 24.7. The Hall–Kier alpha value is -2.04. The number of benzene rings is 1. The Kier molecular flexibility index (Phi) is 6.72. The SMILES string of the molecule is CCN(CC(=O)OC)C(=O)CCOc1cc(C)ccc1C. The van der Waals surface area contributed by atoms with Crippen LogP contribution < -0.4 is 4.74 Å². The van der Waals surface area contributed by atoms with Gasteiger partial charge in [-0.1, -0.05) is 12.1 Å². The number of hydrogen-bond donors (Lipinski definition) is 0. The van der Waals surface area contributed by atoms with E-state index in [1.165, 1.54) is 12.0 Å². The van der Waals surface area contributed by atoms with Gasteiger partial charge in [0.2, 0.25) is 5.91 Å². The molecule has 0 heterocycles. The number of carbonyl (C=O) groups excluding carboxylic acids is 2. The highest BCUT2D eigenvalue weighted by Crippen LogP contribution is 2.19. The molecule has 1 aromatic rings. The van der Waals surface area contributed by atoms with Crippen molar-refractivity contribution in [2.24, 2.45) is 0 Å². The van der Waals surface area contributed by atoms with E-state index in [0.29, 0.717) is 13.2 Å². The molecule has 1 amide bonds. The van der Waals surface area contributed by atoms with Crippen molar-refractivity contribution in [3.63, 3.8) is 0 Å². The summed E-state index contributed by atoms with van der Waals surface area (Å²) >= 11 is 0. The molecular formula is C16H23NO4. The molecule has 0 aliphatic heterocycles. The molecule has 0 aliphatic rings. The van der Waals surface area contributed by atoms with Crippen molar-refractivity contribution < 1.29 is 19.1 Å². The average molecular weight is 293 g/mol. The number of aryl methyl sites for hydroxylation is 2. The minimum Gasteiger partial charge on any atom is -0.493 e. The number of methoxy groups -OCH3 is 1. The summed E-state index contributed by atoms with van der Waals surface area (Å²) in [6.07, 6.45) is 0.234. The number of nitrogens with zero attached hydrogens (tertiary/aromatic N) is 1. The molecule has 0 unspecified atom stereocenters. The van der Waals surface area contributed by atoms with Crippen LogP contribution in [0.2, 0.25) is 0 Å². The summed E-state index contributed by atoms with van der Waals surface area (Å²) in [5, 5.41) is 0. The number of ether oxygens (including phenoxy) is 2. The first-order valence-electron chi connectivity index (χ1n) is 7.02. The zero-order chi connectivity index (χ0) is 15.8. The van der Waals surface area contributed by atoms with Gasteiger partial charge in [0.05, 0.1) is 20.1 Å². The van der Waals surface area contributed by atoms with Crippen LogP contribution in [0.25, 0.3) is 0 Å². The average Bonchev–Trinajstić information content (AvgIpc) is 2.47. The Morgan fingerprint density at radius 3 is 2.57 bits per heavy atom. The Balaban J connectivity index is 2.48. The van der Waals surface area contributed by atoms with Gasteiger partial charge in [0.1, 0.15) is 12.3 Å². The lowest BCUT2D eigenvalue weighted by atomic mass is 10.1. The largest absolute Gasteiger partial charge is 0.493 e. The monoisotopic (exact) mass is 293 g/mol. The van der Waals surface area contributed by atoms with Gasteiger partial charge in [-0.15, -0.1) is 0 Å². The number of carbonyl (C=O) groups is 2. The van der Waals surface area contributed by atoms with Crippen LogP contribution in [0.3, 0.4) is 0 Å². The van der Waals surface area contributed by atoms with Crippen molar-refractivity contribution in [2.75, 3.05) is 26.8 Å². The van der Waals surface area contributed by atoms with Gasteiger partial charge in [0.15, 0.2) is 0 Å². The second-order valence-electron chi connectivity index (χ2n) is 4.85. The molecule has 0 spiro atoms. The lowest BCUT2D eigenvalue weighted by Gasteiger charge is -2.19. The van der Waals surface area contributed by atoms with E-state index in [1.54, 1.807) is 0 Å². The predicted molar refractivity (Wildman–Crippen MR) is 80.3 cm³/mol. The Morgan fingerprint density at radius 1 is 1.24 bits per heavy atom. The Bertz CT molecular complexity index is 499. The fourth-order valence-corrected chi connectivity index (χ4v) is 1.87. The lowest BCUT2D eigenvalue weighted by Crippen LogP contribution is -2.36. The number of hydrogen-bond acceptors (Lipinski definition) is 4. The molecule has 0 N–H and O–H groups in total. The first-order valence-corrected chi connectivity index (χ1v) is 7.02. The summed E-state index contributed by atoms with van der Waals surface area (Å²) < 4.78 is 10.2. The quantitative estimate of drug-likeness (QED) is 0.722. The maximum absolute atomic E-state index is 12.0. The smallest absolute Gasteiger partial charge is 0.325 e. The Morgan fingerprint density at radius 2 is 1.95 bits per heavy atom. The fraction of sp³-hybridized carbons (Fsp3) is 0.500. The van der Waals surface area contributed by atoms with Crippen molar-refractivity contribution in [3.8, 4) is 5.75 Å². The first-order chi connectivity index (χ1) is 9.97. The molecule has 0 radical (unpaired) electrons. The summed E-state index contributed by atoms with van der Waals surface area (Å²) in [6, 6.07) is 5.95. The number of esters is 1. The van der Waals surface area contributed by atoms with Gasteiger partial charge in [0, 0.05) is 6.54 Å². The van der Waals surface area contributed by atoms with Crippen LogP contribution >= 0.6 is 0 Å². The predicted octanol–water partition coefficient (Wildman–Crippen LogP) is 2.09. The molecule has 0 atom stereocenters. The minimum atomic E-state index is -0.416. The third kappa shape index (κ3) is 5.45. The van der Waals surface area contributed by atoms with Crippen LogP contribution in [0.15, 0.2) is 18.2 Å². The van der Waals surface area contributed by atoms with Crippen LogP contribution in [-0.2, 0) is 14.3 Å². The van der Waals surface area contributed by atoms with Gasteiger partial charge < -0.3 is 14.4 Å². The molecule has 0 bridgehead atoms. The zero-order valence-electron chi connectivity index (χ0n) is 13.1. The summed E-state index contributed by atoms with van der Waals surface area (Å²) in [6.45, 7) is 6.53. The fourth-order valence-electron chi connectivity index (χ4n) is 1.87. The van der Waals surface area contributed by atoms with E-state index in [4.69, 9.17) is 4.74 Å². The van der Waals surface area contributed by atoms with Crippen LogP contribution in [0.5, 0.6) is 5.75 Å². The highest BCUT2D eigenvalue weighted by molar-refractivity contribution is 5.82. The van der Waals surface area contributed by atoms with Gasteiger partial charge in [0.25, 0.3) is 0 Å². The highest BCUT2D eigenvalue weighted by atomic mass is 16.5. The molecule has 1 aromatic carbocycles. The molecule has 0 saturated heterocycles. The number of likely N-dealkylation sites (N-methyl/N-ethyl adjacent to an activating group) is 1. The Labute approximate surface area is 125 Å². The molecule has 0 aliphatic carbocycles. The molecule has 0 aromatic heterocycles. The zero-order valence-corrected chi connectivity index (χ0v) is 13.1. The topological polar surface area (TPSA) is 55.8 Å². The molecule has 116 valence electrons. The van der Waals surface area contributed by atoms with E-state index >= 15 is 0 Å². The molecule has 21 heavy (non-hydrogen) atoms. The maximum atomic E-state index is 12.0. The number of amides is 1. The van der Waals surface area contributed by atoms with Crippen LogP contribution in [0.1, 0.15) is 24.5 Å².